The lowest BCUT2D eigenvalue weighted by Gasteiger charge is -2.50. The first-order valence-corrected chi connectivity index (χ1v) is 9.85. The van der Waals surface area contributed by atoms with E-state index in [9.17, 15) is 4.79 Å². The molecule has 0 heterocycles. The highest BCUT2D eigenvalue weighted by atomic mass is 35.5. The Kier molecular flexibility index (Phi) is 4.26. The molecule has 0 amide bonds. The van der Waals surface area contributed by atoms with Gasteiger partial charge < -0.3 is 9.47 Å². The predicted molar refractivity (Wildman–Crippen MR) is 98.2 cm³/mol. The number of carbonyl (C=O) groups excluding carboxylic acids is 1. The molecule has 0 aromatic heterocycles. The van der Waals surface area contributed by atoms with Crippen LogP contribution in [0.15, 0.2) is 12.1 Å². The number of methoxy groups -OCH3 is 1. The van der Waals surface area contributed by atoms with Crippen molar-refractivity contribution in [1.29, 1.82) is 0 Å². The Bertz CT molecular complexity index is 701. The summed E-state index contributed by atoms with van der Waals surface area (Å²) in [6.45, 7) is 3.89. The average Bonchev–Trinajstić information content (AvgIpc) is 2.90. The number of aryl methyl sites for hydroxylation is 1. The maximum Gasteiger partial charge on any atom is 0.302 e. The van der Waals surface area contributed by atoms with Crippen molar-refractivity contribution >= 4 is 17.6 Å². The Hall–Kier alpha value is -1.22. The average molecular weight is 363 g/mol. The fraction of sp³-hybridized carbons (Fsp3) is 0.667. The summed E-state index contributed by atoms with van der Waals surface area (Å²) >= 11 is 6.43. The Morgan fingerprint density at radius 3 is 2.76 bits per heavy atom. The number of benzene rings is 1. The maximum atomic E-state index is 11.5. The van der Waals surface area contributed by atoms with Crippen LogP contribution in [0.2, 0.25) is 5.02 Å². The summed E-state index contributed by atoms with van der Waals surface area (Å²) < 4.78 is 11.1. The van der Waals surface area contributed by atoms with E-state index in [4.69, 9.17) is 21.1 Å². The second-order valence-corrected chi connectivity index (χ2v) is 8.73. The second kappa shape index (κ2) is 6.19. The highest BCUT2D eigenvalue weighted by Gasteiger charge is 2.56. The molecule has 1 aromatic rings. The van der Waals surface area contributed by atoms with Crippen molar-refractivity contribution in [2.45, 2.75) is 64.4 Å². The molecule has 3 aliphatic carbocycles. The molecule has 0 unspecified atom stereocenters. The number of fused-ring (bicyclic) bond motifs is 5. The lowest BCUT2D eigenvalue weighted by molar-refractivity contribution is -0.154. The van der Waals surface area contributed by atoms with Gasteiger partial charge in [0, 0.05) is 12.3 Å². The summed E-state index contributed by atoms with van der Waals surface area (Å²) in [5.74, 6) is 2.55. The Labute approximate surface area is 155 Å². The van der Waals surface area contributed by atoms with E-state index in [0.717, 1.165) is 36.5 Å². The van der Waals surface area contributed by atoms with Crippen LogP contribution in [0, 0.1) is 17.3 Å². The molecule has 3 nitrogen and oxygen atoms in total. The number of rotatable bonds is 2. The first-order valence-electron chi connectivity index (χ1n) is 9.47. The van der Waals surface area contributed by atoms with Crippen LogP contribution in [0.1, 0.15) is 63.0 Å². The van der Waals surface area contributed by atoms with E-state index in [1.807, 2.05) is 0 Å². The second-order valence-electron chi connectivity index (χ2n) is 8.32. The summed E-state index contributed by atoms with van der Waals surface area (Å²) in [6, 6.07) is 4.28. The minimum atomic E-state index is -0.137. The fourth-order valence-electron chi connectivity index (χ4n) is 6.07. The molecular formula is C21H27ClO3. The van der Waals surface area contributed by atoms with E-state index in [-0.39, 0.29) is 17.5 Å². The number of carbonyl (C=O) groups is 1. The van der Waals surface area contributed by atoms with Crippen LogP contribution < -0.4 is 4.74 Å². The van der Waals surface area contributed by atoms with Gasteiger partial charge >= 0.3 is 5.97 Å². The predicted octanol–water partition coefficient (Wildman–Crippen LogP) is 5.14. The standard InChI is InChI=1S/C21H27ClO3/c1-12(23)25-20-7-6-17-15-5-4-13-10-19(24-3)18(22)11-16(13)14(15)8-9-21(17,20)2/h10-11,14-15,17,20H,4-9H2,1-3H3/t14-,15+,17-,20-,21-/m0/s1. The van der Waals surface area contributed by atoms with Crippen molar-refractivity contribution in [2.24, 2.45) is 17.3 Å². The summed E-state index contributed by atoms with van der Waals surface area (Å²) in [5.41, 5.74) is 2.97. The number of halogens is 1. The minimum absolute atomic E-state index is 0.0943. The van der Waals surface area contributed by atoms with Crippen LogP contribution in [0.25, 0.3) is 0 Å². The quantitative estimate of drug-likeness (QED) is 0.683. The molecule has 0 saturated heterocycles. The smallest absolute Gasteiger partial charge is 0.302 e. The van der Waals surface area contributed by atoms with Gasteiger partial charge in [0.2, 0.25) is 0 Å². The van der Waals surface area contributed by atoms with Crippen molar-refractivity contribution in [3.05, 3.63) is 28.3 Å². The van der Waals surface area contributed by atoms with Crippen molar-refractivity contribution in [1.82, 2.24) is 0 Å². The molecule has 1 aromatic carbocycles. The van der Waals surface area contributed by atoms with Crippen LogP contribution in [0.3, 0.4) is 0 Å². The van der Waals surface area contributed by atoms with Crippen molar-refractivity contribution in [2.75, 3.05) is 7.11 Å². The molecule has 25 heavy (non-hydrogen) atoms. The first kappa shape index (κ1) is 17.2. The van der Waals surface area contributed by atoms with Crippen molar-refractivity contribution < 1.29 is 14.3 Å². The zero-order valence-electron chi connectivity index (χ0n) is 15.3. The van der Waals surface area contributed by atoms with Crippen LogP contribution in [-0.2, 0) is 16.0 Å². The highest BCUT2D eigenvalue weighted by molar-refractivity contribution is 6.32. The third-order valence-electron chi connectivity index (χ3n) is 7.22. The largest absolute Gasteiger partial charge is 0.495 e. The van der Waals surface area contributed by atoms with E-state index < -0.39 is 0 Å². The Morgan fingerprint density at radius 2 is 2.04 bits per heavy atom. The van der Waals surface area contributed by atoms with Crippen LogP contribution in [0.4, 0.5) is 0 Å². The first-order chi connectivity index (χ1) is 11.9. The highest BCUT2D eigenvalue weighted by Crippen LogP contribution is 2.61. The van der Waals surface area contributed by atoms with Gasteiger partial charge in [0.1, 0.15) is 11.9 Å². The molecule has 2 fully saturated rings. The molecule has 4 rings (SSSR count). The summed E-state index contributed by atoms with van der Waals surface area (Å²) in [6.07, 6.45) is 6.88. The Balaban J connectivity index is 1.64. The molecule has 3 aliphatic rings. The molecule has 0 radical (unpaired) electrons. The van der Waals surface area contributed by atoms with Crippen molar-refractivity contribution in [3.63, 3.8) is 0 Å². The molecule has 0 spiro atoms. The third kappa shape index (κ3) is 2.66. The lowest BCUT2D eigenvalue weighted by atomic mass is 9.55. The molecule has 5 atom stereocenters. The molecule has 136 valence electrons. The van der Waals surface area contributed by atoms with Gasteiger partial charge in [0.25, 0.3) is 0 Å². The van der Waals surface area contributed by atoms with E-state index >= 15 is 0 Å². The lowest BCUT2D eigenvalue weighted by Crippen LogP contribution is -2.45. The number of esters is 1. The molecule has 4 heteroatoms. The molecular weight excluding hydrogens is 336 g/mol. The van der Waals surface area contributed by atoms with E-state index in [1.54, 1.807) is 7.11 Å². The zero-order valence-corrected chi connectivity index (χ0v) is 16.1. The van der Waals surface area contributed by atoms with Gasteiger partial charge in [-0.3, -0.25) is 4.79 Å². The molecule has 0 N–H and O–H groups in total. The monoisotopic (exact) mass is 362 g/mol. The Morgan fingerprint density at radius 1 is 1.24 bits per heavy atom. The summed E-state index contributed by atoms with van der Waals surface area (Å²) in [7, 11) is 1.68. The van der Waals surface area contributed by atoms with E-state index in [2.05, 4.69) is 19.1 Å². The van der Waals surface area contributed by atoms with Gasteiger partial charge in [0.15, 0.2) is 0 Å². The van der Waals surface area contributed by atoms with E-state index in [0.29, 0.717) is 17.8 Å². The van der Waals surface area contributed by atoms with Crippen LogP contribution >= 0.6 is 11.6 Å². The zero-order chi connectivity index (χ0) is 17.8. The normalized spacial score (nSPS) is 36.2. The number of hydrogen-bond acceptors (Lipinski definition) is 3. The third-order valence-corrected chi connectivity index (χ3v) is 7.51. The van der Waals surface area contributed by atoms with Gasteiger partial charge in [0.05, 0.1) is 12.1 Å². The van der Waals surface area contributed by atoms with Gasteiger partial charge in [-0.2, -0.15) is 0 Å². The molecule has 0 aliphatic heterocycles. The van der Waals surface area contributed by atoms with Crippen LogP contribution in [-0.4, -0.2) is 19.2 Å². The van der Waals surface area contributed by atoms with Gasteiger partial charge in [-0.1, -0.05) is 18.5 Å². The molecule has 0 bridgehead atoms. The fourth-order valence-corrected chi connectivity index (χ4v) is 6.32. The van der Waals surface area contributed by atoms with Crippen LogP contribution in [0.5, 0.6) is 5.75 Å². The topological polar surface area (TPSA) is 35.5 Å². The minimum Gasteiger partial charge on any atom is -0.495 e. The number of hydrogen-bond donors (Lipinski definition) is 0. The summed E-state index contributed by atoms with van der Waals surface area (Å²) in [5, 5.41) is 0.722. The van der Waals surface area contributed by atoms with Crippen molar-refractivity contribution in [3.8, 4) is 5.75 Å². The van der Waals surface area contributed by atoms with E-state index in [1.165, 1.54) is 30.9 Å². The SMILES string of the molecule is COc1cc2c(cc1Cl)[C@H]1CC[C@]3(C)[C@@H](OC(C)=O)CC[C@H]3[C@@H]1CC2. The number of ether oxygens (including phenoxy) is 2. The van der Waals surface area contributed by atoms with Gasteiger partial charge in [-0.25, -0.2) is 0 Å². The van der Waals surface area contributed by atoms with Gasteiger partial charge in [-0.15, -0.1) is 0 Å². The summed E-state index contributed by atoms with van der Waals surface area (Å²) in [4.78, 5) is 11.5. The molecule has 2 saturated carbocycles. The maximum absolute atomic E-state index is 11.5. The van der Waals surface area contributed by atoms with Gasteiger partial charge in [-0.05, 0) is 79.5 Å².